The van der Waals surface area contributed by atoms with E-state index in [1.54, 1.807) is 0 Å². The van der Waals surface area contributed by atoms with Crippen LogP contribution in [0.3, 0.4) is 0 Å². The predicted octanol–water partition coefficient (Wildman–Crippen LogP) is -0.550. The standard InChI is InChI=1S/C8H30N2O4Si6/c1-9-19(8,12-16)10(11-15)20(9,13-17(2,3)4)14-18(5,6)7/h1-8,15-16H3. The predicted molar refractivity (Wildman–Crippen MR) is 97.9 cm³/mol. The summed E-state index contributed by atoms with van der Waals surface area (Å²) in [6.07, 6.45) is 0. The van der Waals surface area contributed by atoms with E-state index in [0.717, 1.165) is 0 Å². The van der Waals surface area contributed by atoms with Crippen molar-refractivity contribution in [1.29, 1.82) is 0 Å². The quantitative estimate of drug-likeness (QED) is 0.571. The van der Waals surface area contributed by atoms with Crippen LogP contribution in [0.5, 0.6) is 0 Å². The van der Waals surface area contributed by atoms with Gasteiger partial charge in [0.15, 0.2) is 27.1 Å². The van der Waals surface area contributed by atoms with E-state index < -0.39 is 34.2 Å². The number of hydrogen-bond donors (Lipinski definition) is 0. The molecular weight excluding hydrogens is 357 g/mol. The van der Waals surface area contributed by atoms with Gasteiger partial charge in [-0.2, -0.15) is 0 Å². The van der Waals surface area contributed by atoms with E-state index in [9.17, 15) is 0 Å². The van der Waals surface area contributed by atoms with Gasteiger partial charge in [0, 0.05) is 0 Å². The SMILES string of the molecule is CN1[Si](C)(O[SiH3])N(O[SiH3])[Si]1(O[Si](C)(C)C)O[Si](C)(C)C. The molecule has 0 radical (unpaired) electrons. The third-order valence-corrected chi connectivity index (χ3v) is 22.3. The molecule has 0 bridgehead atoms. The molecule has 1 heterocycles. The highest BCUT2D eigenvalue weighted by Gasteiger charge is 2.76. The van der Waals surface area contributed by atoms with Crippen molar-refractivity contribution >= 4 is 55.1 Å². The van der Waals surface area contributed by atoms with Crippen LogP contribution in [0.15, 0.2) is 0 Å². The Bertz CT molecular complexity index is 346. The summed E-state index contributed by atoms with van der Waals surface area (Å²) in [4.78, 5) is 0. The first-order chi connectivity index (χ1) is 8.82. The van der Waals surface area contributed by atoms with Crippen LogP contribution in [0.4, 0.5) is 0 Å². The van der Waals surface area contributed by atoms with Gasteiger partial charge in [-0.25, -0.2) is 0 Å². The monoisotopic (exact) mass is 386 g/mol. The molecule has 120 valence electrons. The molecule has 0 aliphatic carbocycles. The normalized spacial score (nSPS) is 28.8. The molecule has 0 aromatic carbocycles. The van der Waals surface area contributed by atoms with Crippen molar-refractivity contribution in [2.24, 2.45) is 0 Å². The van der Waals surface area contributed by atoms with E-state index in [1.807, 2.05) is 4.39 Å². The summed E-state index contributed by atoms with van der Waals surface area (Å²) in [5.41, 5.74) is 0. The van der Waals surface area contributed by atoms with Crippen molar-refractivity contribution in [2.75, 3.05) is 7.05 Å². The zero-order valence-electron chi connectivity index (χ0n) is 14.5. The summed E-state index contributed by atoms with van der Waals surface area (Å²) in [6.45, 7) is 15.4. The van der Waals surface area contributed by atoms with Gasteiger partial charge in [-0.15, -0.1) is 4.39 Å². The van der Waals surface area contributed by atoms with Crippen LogP contribution in [-0.4, -0.2) is 70.8 Å². The summed E-state index contributed by atoms with van der Waals surface area (Å²) in [5.74, 6) is 0. The zero-order valence-corrected chi connectivity index (χ0v) is 22.5. The van der Waals surface area contributed by atoms with Gasteiger partial charge in [0.05, 0.1) is 0 Å². The van der Waals surface area contributed by atoms with E-state index in [4.69, 9.17) is 16.9 Å². The van der Waals surface area contributed by atoms with Gasteiger partial charge in [-0.3, -0.25) is 4.23 Å². The molecule has 0 aromatic rings. The zero-order chi connectivity index (χ0) is 16.0. The summed E-state index contributed by atoms with van der Waals surface area (Å²) in [6, 6.07) is 0. The molecule has 0 N–H and O–H groups in total. The van der Waals surface area contributed by atoms with E-state index in [1.165, 1.54) is 0 Å². The maximum absolute atomic E-state index is 6.56. The molecule has 12 heteroatoms. The molecule has 20 heavy (non-hydrogen) atoms. The molecule has 0 aromatic heterocycles. The average molecular weight is 387 g/mol. The molecule has 6 nitrogen and oxygen atoms in total. The van der Waals surface area contributed by atoms with Gasteiger partial charge in [0.2, 0.25) is 0 Å². The number of nitrogens with zero attached hydrogens (tertiary/aromatic N) is 2. The van der Waals surface area contributed by atoms with Crippen LogP contribution >= 0.6 is 0 Å². The van der Waals surface area contributed by atoms with E-state index in [2.05, 4.69) is 57.1 Å². The maximum Gasteiger partial charge on any atom is 0.516 e. The highest BCUT2D eigenvalue weighted by Crippen LogP contribution is 2.41. The first-order valence-corrected chi connectivity index (χ1v) is 19.3. The topological polar surface area (TPSA) is 43.4 Å². The van der Waals surface area contributed by atoms with Crippen LogP contribution in [0.1, 0.15) is 0 Å². The lowest BCUT2D eigenvalue weighted by Crippen LogP contribution is -2.95. The Kier molecular flexibility index (Phi) is 5.67. The minimum Gasteiger partial charge on any atom is -0.441 e. The van der Waals surface area contributed by atoms with Gasteiger partial charge in [0.25, 0.3) is 0 Å². The van der Waals surface area contributed by atoms with Crippen molar-refractivity contribution in [3.05, 3.63) is 0 Å². The Balaban J connectivity index is 3.19. The smallest absolute Gasteiger partial charge is 0.441 e. The van der Waals surface area contributed by atoms with Gasteiger partial charge in [-0.1, -0.05) is 0 Å². The van der Waals surface area contributed by atoms with Crippen molar-refractivity contribution in [3.8, 4) is 0 Å². The molecule has 1 saturated heterocycles. The molecule has 1 rings (SSSR count). The number of rotatable bonds is 6. The maximum atomic E-state index is 6.56. The molecule has 1 aliphatic heterocycles. The molecule has 0 saturated carbocycles. The molecule has 1 fully saturated rings. The van der Waals surface area contributed by atoms with E-state index >= 15 is 0 Å². The van der Waals surface area contributed by atoms with E-state index in [-0.39, 0.29) is 0 Å². The fraction of sp³-hybridized carbons (Fsp3) is 1.00. The van der Waals surface area contributed by atoms with Crippen LogP contribution in [0.2, 0.25) is 45.8 Å². The first-order valence-electron chi connectivity index (χ1n) is 6.86. The summed E-state index contributed by atoms with van der Waals surface area (Å²) < 4.78 is 29.2. The molecule has 1 atom stereocenters. The van der Waals surface area contributed by atoms with Gasteiger partial charge < -0.3 is 16.9 Å². The Hall–Kier alpha value is 1.06. The average Bonchev–Trinajstić information content (AvgIpc) is 2.23. The van der Waals surface area contributed by atoms with Gasteiger partial charge in [-0.05, 0) is 52.9 Å². The molecule has 1 aliphatic rings. The second-order valence-electron chi connectivity index (χ2n) is 7.15. The number of hydrogen-bond acceptors (Lipinski definition) is 6. The Morgan fingerprint density at radius 2 is 1.30 bits per heavy atom. The third kappa shape index (κ3) is 3.51. The molecular formula is C8H30N2O4Si6. The lowest BCUT2D eigenvalue weighted by atomic mass is 11.6. The van der Waals surface area contributed by atoms with Crippen molar-refractivity contribution < 1.29 is 16.9 Å². The van der Waals surface area contributed by atoms with Crippen LogP contribution < -0.4 is 0 Å². The minimum atomic E-state index is -2.64. The van der Waals surface area contributed by atoms with Crippen LogP contribution in [0.25, 0.3) is 0 Å². The lowest BCUT2D eigenvalue weighted by molar-refractivity contribution is -0.0179. The summed E-state index contributed by atoms with van der Waals surface area (Å²) >= 11 is 0. The Morgan fingerprint density at radius 3 is 1.55 bits per heavy atom. The van der Waals surface area contributed by atoms with Crippen LogP contribution in [0, 0.1) is 0 Å². The Morgan fingerprint density at radius 1 is 0.900 bits per heavy atom. The Labute approximate surface area is 133 Å². The highest BCUT2D eigenvalue weighted by molar-refractivity contribution is 7.02. The molecule has 0 spiro atoms. The second kappa shape index (κ2) is 5.93. The van der Waals surface area contributed by atoms with Gasteiger partial charge >= 0.3 is 17.5 Å². The third-order valence-electron chi connectivity index (χ3n) is 3.13. The highest BCUT2D eigenvalue weighted by atomic mass is 28.6. The fourth-order valence-electron chi connectivity index (χ4n) is 2.30. The van der Waals surface area contributed by atoms with Crippen molar-refractivity contribution in [2.45, 2.75) is 45.8 Å². The minimum absolute atomic E-state index is 0.630. The second-order valence-corrected chi connectivity index (χ2v) is 25.2. The summed E-state index contributed by atoms with van der Waals surface area (Å²) in [7, 11) is -4.86. The molecule has 0 amide bonds. The van der Waals surface area contributed by atoms with Crippen molar-refractivity contribution in [3.63, 3.8) is 0 Å². The fourth-order valence-corrected chi connectivity index (χ4v) is 23.8. The van der Waals surface area contributed by atoms with Gasteiger partial charge in [0.1, 0.15) is 10.5 Å². The largest absolute Gasteiger partial charge is 0.516 e. The lowest BCUT2D eigenvalue weighted by Gasteiger charge is -2.64. The molecule has 1 unspecified atom stereocenters. The summed E-state index contributed by atoms with van der Waals surface area (Å²) in [5, 5.41) is 0. The van der Waals surface area contributed by atoms with E-state index in [0.29, 0.717) is 21.0 Å². The first kappa shape index (κ1) is 19.1. The van der Waals surface area contributed by atoms with Crippen LogP contribution in [-0.2, 0) is 16.9 Å². The van der Waals surface area contributed by atoms with Crippen molar-refractivity contribution in [1.82, 2.24) is 8.63 Å².